The minimum absolute atomic E-state index is 0.512. The molecule has 2 aliphatic heterocycles. The number of carbonyl (C=O) groups is 6. The fourth-order valence-electron chi connectivity index (χ4n) is 4.59. The molecule has 0 radical (unpaired) electrons. The molecule has 45 heavy (non-hydrogen) atoms. The van der Waals surface area contributed by atoms with Gasteiger partial charge in [-0.1, -0.05) is 10.2 Å². The van der Waals surface area contributed by atoms with E-state index in [0.717, 1.165) is 41.5 Å². The SMILES string of the molecule is CC(=O)OC1C(OC(C)=O)[C@@H](OC(C)=O)C(CN=[N+]=[N-])O[C@H]1O[C@H]1OC(CN=[N+]=[N-])[C@@H](OC(C)=O)[C@H](OC(C)=O)C1OC(C)=O. The molecule has 2 fully saturated rings. The van der Waals surface area contributed by atoms with Gasteiger partial charge in [0.25, 0.3) is 0 Å². The van der Waals surface area contributed by atoms with Gasteiger partial charge < -0.3 is 42.6 Å². The van der Waals surface area contributed by atoms with Crippen LogP contribution in [0, 0.1) is 0 Å². The summed E-state index contributed by atoms with van der Waals surface area (Å²) in [5.41, 5.74) is 17.8. The molecular weight excluding hydrogens is 612 g/mol. The zero-order chi connectivity index (χ0) is 33.8. The lowest BCUT2D eigenvalue weighted by Crippen LogP contribution is -2.66. The lowest BCUT2D eigenvalue weighted by Gasteiger charge is -2.48. The number of nitrogens with zero attached hydrogens (tertiary/aromatic N) is 6. The van der Waals surface area contributed by atoms with Gasteiger partial charge in [-0.05, 0) is 11.1 Å². The fourth-order valence-corrected chi connectivity index (χ4v) is 4.59. The predicted molar refractivity (Wildman–Crippen MR) is 140 cm³/mol. The molecule has 2 saturated heterocycles. The molecule has 248 valence electrons. The van der Waals surface area contributed by atoms with Crippen LogP contribution in [0.4, 0.5) is 0 Å². The highest BCUT2D eigenvalue weighted by Gasteiger charge is 2.57. The minimum atomic E-state index is -1.81. The molecule has 0 N–H and O–H groups in total. The monoisotopic (exact) mass is 644 g/mol. The summed E-state index contributed by atoms with van der Waals surface area (Å²) in [5, 5.41) is 6.85. The molecule has 21 heteroatoms. The first-order valence-corrected chi connectivity index (χ1v) is 13.2. The molecule has 0 saturated carbocycles. The van der Waals surface area contributed by atoms with E-state index in [9.17, 15) is 28.8 Å². The van der Waals surface area contributed by atoms with Gasteiger partial charge in [-0.3, -0.25) is 28.8 Å². The molecule has 0 aliphatic carbocycles. The van der Waals surface area contributed by atoms with Crippen molar-refractivity contribution < 1.29 is 71.4 Å². The van der Waals surface area contributed by atoms with Gasteiger partial charge in [-0.25, -0.2) is 0 Å². The third-order valence-electron chi connectivity index (χ3n) is 5.91. The highest BCUT2D eigenvalue weighted by Crippen LogP contribution is 2.35. The first-order chi connectivity index (χ1) is 21.2. The van der Waals surface area contributed by atoms with Crippen LogP contribution in [0.15, 0.2) is 10.2 Å². The first-order valence-electron chi connectivity index (χ1n) is 13.2. The maximum Gasteiger partial charge on any atom is 0.303 e. The van der Waals surface area contributed by atoms with Crippen molar-refractivity contribution in [2.45, 2.75) is 103 Å². The van der Waals surface area contributed by atoms with Crippen molar-refractivity contribution in [3.8, 4) is 0 Å². The van der Waals surface area contributed by atoms with Gasteiger partial charge in [-0.15, -0.1) is 0 Å². The van der Waals surface area contributed by atoms with Crippen molar-refractivity contribution in [2.24, 2.45) is 10.2 Å². The molecule has 0 bridgehead atoms. The van der Waals surface area contributed by atoms with Crippen LogP contribution in [0.3, 0.4) is 0 Å². The average molecular weight is 645 g/mol. The second-order valence-corrected chi connectivity index (χ2v) is 9.49. The van der Waals surface area contributed by atoms with E-state index in [1.807, 2.05) is 0 Å². The van der Waals surface area contributed by atoms with E-state index in [4.69, 9.17) is 53.7 Å². The number of rotatable bonds is 12. The van der Waals surface area contributed by atoms with Crippen LogP contribution in [0.25, 0.3) is 20.9 Å². The lowest BCUT2D eigenvalue weighted by molar-refractivity contribution is -0.373. The maximum atomic E-state index is 12.2. The minimum Gasteiger partial charge on any atom is -0.456 e. The van der Waals surface area contributed by atoms with E-state index in [0.29, 0.717) is 0 Å². The molecule has 2 aliphatic rings. The Morgan fingerprint density at radius 3 is 1.04 bits per heavy atom. The second-order valence-electron chi connectivity index (χ2n) is 9.49. The Hall–Kier alpha value is -4.68. The molecule has 10 atom stereocenters. The molecule has 0 spiro atoms. The number of hydrogen-bond acceptors (Lipinski definition) is 17. The average Bonchev–Trinajstić information content (AvgIpc) is 2.91. The van der Waals surface area contributed by atoms with E-state index < -0.39 is 110 Å². The number of esters is 6. The van der Waals surface area contributed by atoms with Crippen LogP contribution in [-0.2, 0) is 71.4 Å². The number of ether oxygens (including phenoxy) is 9. The van der Waals surface area contributed by atoms with E-state index in [2.05, 4.69) is 20.1 Å². The summed E-state index contributed by atoms with van der Waals surface area (Å²) in [4.78, 5) is 77.7. The molecule has 0 amide bonds. The van der Waals surface area contributed by atoms with Crippen LogP contribution in [0.5, 0.6) is 0 Å². The van der Waals surface area contributed by atoms with Crippen LogP contribution < -0.4 is 0 Å². The maximum absolute atomic E-state index is 12.2. The molecule has 0 aromatic rings. The number of carbonyl (C=O) groups excluding carboxylic acids is 6. The van der Waals surface area contributed by atoms with Gasteiger partial charge in [0, 0.05) is 51.4 Å². The van der Waals surface area contributed by atoms with Crippen molar-refractivity contribution in [1.82, 2.24) is 0 Å². The second kappa shape index (κ2) is 17.0. The molecular formula is C24H32N6O15. The molecule has 0 aromatic heterocycles. The zero-order valence-electron chi connectivity index (χ0n) is 25.0. The van der Waals surface area contributed by atoms with E-state index >= 15 is 0 Å². The Bertz CT molecular complexity index is 1140. The van der Waals surface area contributed by atoms with Gasteiger partial charge in [0.1, 0.15) is 12.2 Å². The van der Waals surface area contributed by atoms with Gasteiger partial charge in [0.2, 0.25) is 12.6 Å². The largest absolute Gasteiger partial charge is 0.456 e. The van der Waals surface area contributed by atoms with Gasteiger partial charge in [-0.2, -0.15) is 0 Å². The van der Waals surface area contributed by atoms with E-state index in [-0.39, 0.29) is 0 Å². The summed E-state index contributed by atoms with van der Waals surface area (Å²) in [5.74, 6) is -5.39. The van der Waals surface area contributed by atoms with Crippen molar-refractivity contribution in [3.05, 3.63) is 20.9 Å². The summed E-state index contributed by atoms with van der Waals surface area (Å²) < 4.78 is 49.7. The van der Waals surface area contributed by atoms with Crippen molar-refractivity contribution in [3.63, 3.8) is 0 Å². The Morgan fingerprint density at radius 2 is 0.778 bits per heavy atom. The zero-order valence-corrected chi connectivity index (χ0v) is 25.0. The summed E-state index contributed by atoms with van der Waals surface area (Å²) >= 11 is 0. The summed E-state index contributed by atoms with van der Waals surface area (Å²) in [6.07, 6.45) is -16.0. The Balaban J connectivity index is 2.69. The van der Waals surface area contributed by atoms with Gasteiger partial charge in [0.15, 0.2) is 36.6 Å². The smallest absolute Gasteiger partial charge is 0.303 e. The molecule has 2 rings (SSSR count). The number of azide groups is 2. The van der Waals surface area contributed by atoms with E-state index in [1.54, 1.807) is 0 Å². The first kappa shape index (κ1) is 36.5. The fraction of sp³-hybridized carbons (Fsp3) is 0.750. The summed E-state index contributed by atoms with van der Waals surface area (Å²) in [6.45, 7) is 5.10. The number of hydrogen-bond donors (Lipinski definition) is 0. The third-order valence-corrected chi connectivity index (χ3v) is 5.91. The summed E-state index contributed by atoms with van der Waals surface area (Å²) in [7, 11) is 0. The Labute approximate surface area is 254 Å². The van der Waals surface area contributed by atoms with Gasteiger partial charge >= 0.3 is 35.8 Å². The van der Waals surface area contributed by atoms with E-state index in [1.165, 1.54) is 0 Å². The predicted octanol–water partition coefficient (Wildman–Crippen LogP) is 0.664. The molecule has 2 heterocycles. The summed E-state index contributed by atoms with van der Waals surface area (Å²) in [6, 6.07) is 0. The van der Waals surface area contributed by atoms with Gasteiger partial charge in [0.05, 0.1) is 13.1 Å². The van der Waals surface area contributed by atoms with Crippen molar-refractivity contribution >= 4 is 35.8 Å². The van der Waals surface area contributed by atoms with Crippen LogP contribution >= 0.6 is 0 Å². The molecule has 5 unspecified atom stereocenters. The Kier molecular flexibility index (Phi) is 13.8. The van der Waals surface area contributed by atoms with Crippen LogP contribution in [0.2, 0.25) is 0 Å². The van der Waals surface area contributed by atoms with Crippen LogP contribution in [0.1, 0.15) is 41.5 Å². The topological polar surface area (TPSA) is 283 Å². The third kappa shape index (κ3) is 10.8. The molecule has 21 nitrogen and oxygen atoms in total. The normalized spacial score (nSPS) is 30.6. The quantitative estimate of drug-likeness (QED) is 0.0927. The standard InChI is InChI=1S/C24H32N6O15/c1-9(31)37-17-15(7-27-29-25)43-23(21(41-13(5)35)19(17)39-11(3)33)45-24-22(42-14(6)36)20(40-12(4)34)18(38-10(2)32)16(44-24)8-28-30-26/h15-24H,7-8H2,1-6H3/t15?,16?,17-,18+,19+,20?,21?,22?,23-,24+/m1/s1. The highest BCUT2D eigenvalue weighted by molar-refractivity contribution is 5.69. The molecule has 0 aromatic carbocycles. The Morgan fingerprint density at radius 1 is 0.511 bits per heavy atom. The highest BCUT2D eigenvalue weighted by atomic mass is 16.8. The van der Waals surface area contributed by atoms with Crippen molar-refractivity contribution in [1.29, 1.82) is 0 Å². The van der Waals surface area contributed by atoms with Crippen LogP contribution in [-0.4, -0.2) is 110 Å². The lowest BCUT2D eigenvalue weighted by atomic mass is 9.96. The van der Waals surface area contributed by atoms with Crippen molar-refractivity contribution in [2.75, 3.05) is 13.1 Å².